The predicted octanol–water partition coefficient (Wildman–Crippen LogP) is 9.05. The highest BCUT2D eigenvalue weighted by Crippen LogP contribution is 2.66. The van der Waals surface area contributed by atoms with E-state index in [0.717, 1.165) is 0 Å². The Hall–Kier alpha value is -4.14. The van der Waals surface area contributed by atoms with Crippen LogP contribution in [-0.4, -0.2) is 0 Å². The Kier molecular flexibility index (Phi) is 3.81. The molecule has 2 heterocycles. The first-order chi connectivity index (χ1) is 17.4. The molecule has 1 aliphatic carbocycles. The number of hydrogen-bond acceptors (Lipinski definition) is 2. The first-order valence-corrected chi connectivity index (χ1v) is 12.9. The van der Waals surface area contributed by atoms with Gasteiger partial charge in [-0.25, -0.2) is 0 Å². The maximum atomic E-state index is 2.48. The Labute approximate surface area is 208 Å². The molecule has 35 heavy (non-hydrogen) atoms. The van der Waals surface area contributed by atoms with E-state index in [1.54, 1.807) is 0 Å². The summed E-state index contributed by atoms with van der Waals surface area (Å²) < 4.78 is 1.33. The molecule has 0 atom stereocenters. The van der Waals surface area contributed by atoms with Gasteiger partial charge in [0.2, 0.25) is 0 Å². The van der Waals surface area contributed by atoms with Crippen LogP contribution in [0.15, 0.2) is 127 Å². The first-order valence-electron chi connectivity index (χ1n) is 12.0. The lowest BCUT2D eigenvalue weighted by atomic mass is 9.68. The van der Waals surface area contributed by atoms with Gasteiger partial charge in [0.25, 0.3) is 0 Å². The summed E-state index contributed by atoms with van der Waals surface area (Å²) in [5, 5.41) is 1.31. The van der Waals surface area contributed by atoms with E-state index in [4.69, 9.17) is 0 Å². The summed E-state index contributed by atoms with van der Waals surface area (Å²) >= 11 is 1.94. The molecule has 0 radical (unpaired) electrons. The van der Waals surface area contributed by atoms with Crippen LogP contribution in [0.1, 0.15) is 21.6 Å². The SMILES string of the molecule is c1ccc(N2c3ccccc3C3(c4ccccc4-c4ccccc43)c3sc4ccccc4c32)cc1. The molecule has 0 unspecified atom stereocenters. The maximum absolute atomic E-state index is 2.48. The second-order valence-corrected chi connectivity index (χ2v) is 10.4. The van der Waals surface area contributed by atoms with Crippen molar-refractivity contribution in [2.75, 3.05) is 4.90 Å². The molecule has 0 saturated carbocycles. The van der Waals surface area contributed by atoms with Gasteiger partial charge in [-0.3, -0.25) is 0 Å². The van der Waals surface area contributed by atoms with Crippen LogP contribution in [0.5, 0.6) is 0 Å². The monoisotopic (exact) mass is 463 g/mol. The van der Waals surface area contributed by atoms with Gasteiger partial charge in [0.05, 0.1) is 16.8 Å². The molecule has 1 aliphatic heterocycles. The zero-order chi connectivity index (χ0) is 23.0. The Morgan fingerprint density at radius 2 is 1.09 bits per heavy atom. The van der Waals surface area contributed by atoms with E-state index in [1.165, 1.54) is 59.8 Å². The summed E-state index contributed by atoms with van der Waals surface area (Å²) in [7, 11) is 0. The van der Waals surface area contributed by atoms with E-state index in [0.29, 0.717) is 0 Å². The largest absolute Gasteiger partial charge is 0.308 e. The number of para-hydroxylation sites is 2. The van der Waals surface area contributed by atoms with Gasteiger partial charge in [-0.2, -0.15) is 0 Å². The Bertz CT molecular complexity index is 1720. The smallest absolute Gasteiger partial charge is 0.0848 e. The minimum Gasteiger partial charge on any atom is -0.308 e. The highest BCUT2D eigenvalue weighted by molar-refractivity contribution is 7.20. The summed E-state index contributed by atoms with van der Waals surface area (Å²) in [5.41, 5.74) is 10.2. The third-order valence-electron chi connectivity index (χ3n) is 7.65. The average Bonchev–Trinajstić information content (AvgIpc) is 3.45. The lowest BCUT2D eigenvalue weighted by Crippen LogP contribution is -2.35. The van der Waals surface area contributed by atoms with Crippen molar-refractivity contribution in [2.24, 2.45) is 0 Å². The summed E-state index contributed by atoms with van der Waals surface area (Å²) in [6.07, 6.45) is 0. The molecule has 164 valence electrons. The molecule has 1 aromatic heterocycles. The summed E-state index contributed by atoms with van der Waals surface area (Å²) in [4.78, 5) is 3.89. The van der Waals surface area contributed by atoms with Gasteiger partial charge >= 0.3 is 0 Å². The molecule has 0 fully saturated rings. The Balaban J connectivity index is 1.61. The van der Waals surface area contributed by atoms with Gasteiger partial charge in [0.1, 0.15) is 0 Å². The minimum atomic E-state index is -0.339. The van der Waals surface area contributed by atoms with Crippen LogP contribution in [0.2, 0.25) is 0 Å². The van der Waals surface area contributed by atoms with E-state index in [2.05, 4.69) is 132 Å². The second kappa shape index (κ2) is 6.94. The highest BCUT2D eigenvalue weighted by atomic mass is 32.1. The zero-order valence-corrected chi connectivity index (χ0v) is 19.8. The van der Waals surface area contributed by atoms with Crippen LogP contribution in [0.3, 0.4) is 0 Å². The predicted molar refractivity (Wildman–Crippen MR) is 147 cm³/mol. The Morgan fingerprint density at radius 3 is 1.83 bits per heavy atom. The van der Waals surface area contributed by atoms with Crippen LogP contribution in [-0.2, 0) is 5.41 Å². The van der Waals surface area contributed by atoms with Crippen molar-refractivity contribution >= 4 is 38.5 Å². The standard InChI is InChI=1S/C33H21NS/c1-2-12-22(13-3-1)34-29-20-10-9-19-28(29)33(32-31(34)25-16-6-11-21-30(25)35-32)26-17-7-4-14-23(26)24-15-5-8-18-27(24)33/h1-21H. The van der Waals surface area contributed by atoms with E-state index in [-0.39, 0.29) is 5.41 Å². The lowest BCUT2D eigenvalue weighted by molar-refractivity contribution is 0.773. The van der Waals surface area contributed by atoms with Crippen molar-refractivity contribution in [3.05, 3.63) is 149 Å². The van der Waals surface area contributed by atoms with Crippen molar-refractivity contribution in [3.8, 4) is 11.1 Å². The number of rotatable bonds is 1. The fraction of sp³-hybridized carbons (Fsp3) is 0.0303. The van der Waals surface area contributed by atoms with E-state index < -0.39 is 0 Å². The van der Waals surface area contributed by atoms with Gasteiger partial charge in [0, 0.05) is 20.7 Å². The average molecular weight is 464 g/mol. The number of hydrogen-bond donors (Lipinski definition) is 0. The van der Waals surface area contributed by atoms with Gasteiger partial charge in [-0.15, -0.1) is 11.3 Å². The van der Waals surface area contributed by atoms with Crippen LogP contribution in [0, 0.1) is 0 Å². The van der Waals surface area contributed by atoms with Crippen molar-refractivity contribution in [1.29, 1.82) is 0 Å². The first kappa shape index (κ1) is 19.2. The number of fused-ring (bicyclic) bond motifs is 11. The maximum Gasteiger partial charge on any atom is 0.0848 e. The number of thiophene rings is 1. The molecular formula is C33H21NS. The van der Waals surface area contributed by atoms with E-state index in [9.17, 15) is 0 Å². The molecule has 0 amide bonds. The fourth-order valence-electron chi connectivity index (χ4n) is 6.35. The van der Waals surface area contributed by atoms with Gasteiger partial charge < -0.3 is 4.90 Å². The normalized spacial score (nSPS) is 14.5. The molecule has 1 spiro atoms. The number of anilines is 3. The molecule has 0 bridgehead atoms. The molecule has 0 saturated heterocycles. The van der Waals surface area contributed by atoms with Crippen molar-refractivity contribution in [1.82, 2.24) is 0 Å². The molecule has 8 rings (SSSR count). The third-order valence-corrected chi connectivity index (χ3v) is 8.93. The van der Waals surface area contributed by atoms with Crippen LogP contribution in [0.4, 0.5) is 17.1 Å². The second-order valence-electron chi connectivity index (χ2n) is 9.31. The molecule has 2 aliphatic rings. The topological polar surface area (TPSA) is 3.24 Å². The van der Waals surface area contributed by atoms with Crippen LogP contribution >= 0.6 is 11.3 Å². The highest BCUT2D eigenvalue weighted by Gasteiger charge is 2.53. The minimum absolute atomic E-state index is 0.339. The fourth-order valence-corrected chi connectivity index (χ4v) is 7.77. The molecule has 1 nitrogen and oxygen atoms in total. The van der Waals surface area contributed by atoms with Gasteiger partial charge in [0.15, 0.2) is 0 Å². The zero-order valence-electron chi connectivity index (χ0n) is 19.0. The molecule has 0 N–H and O–H groups in total. The van der Waals surface area contributed by atoms with Gasteiger partial charge in [-0.1, -0.05) is 103 Å². The van der Waals surface area contributed by atoms with Crippen molar-refractivity contribution in [2.45, 2.75) is 5.41 Å². The van der Waals surface area contributed by atoms with E-state index >= 15 is 0 Å². The Morgan fingerprint density at radius 1 is 0.514 bits per heavy atom. The quantitative estimate of drug-likeness (QED) is 0.235. The van der Waals surface area contributed by atoms with E-state index in [1.807, 2.05) is 11.3 Å². The lowest BCUT2D eigenvalue weighted by Gasteiger charge is -2.43. The van der Waals surface area contributed by atoms with Crippen LogP contribution in [0.25, 0.3) is 21.2 Å². The number of benzene rings is 5. The number of nitrogens with zero attached hydrogens (tertiary/aromatic N) is 1. The molecule has 6 aromatic rings. The molecule has 5 aromatic carbocycles. The molecular weight excluding hydrogens is 442 g/mol. The van der Waals surface area contributed by atoms with Crippen LogP contribution < -0.4 is 4.90 Å². The summed E-state index contributed by atoms with van der Waals surface area (Å²) in [6.45, 7) is 0. The van der Waals surface area contributed by atoms with Crippen molar-refractivity contribution < 1.29 is 0 Å². The summed E-state index contributed by atoms with van der Waals surface area (Å²) in [6, 6.07) is 46.7. The van der Waals surface area contributed by atoms with Gasteiger partial charge in [-0.05, 0) is 52.1 Å². The van der Waals surface area contributed by atoms with Crippen molar-refractivity contribution in [3.63, 3.8) is 0 Å². The molecule has 2 heteroatoms. The third kappa shape index (κ3) is 2.32. The summed E-state index contributed by atoms with van der Waals surface area (Å²) in [5.74, 6) is 0.